The highest BCUT2D eigenvalue weighted by Crippen LogP contribution is 2.13. The molecule has 0 N–H and O–H groups in total. The first-order valence-corrected chi connectivity index (χ1v) is 5.80. The summed E-state index contributed by atoms with van der Waals surface area (Å²) in [6, 6.07) is 10.4. The first-order chi connectivity index (χ1) is 7.36. The average Bonchev–Trinajstić information content (AvgIpc) is 2.31. The molecule has 1 aromatic carbocycles. The van der Waals surface area contributed by atoms with Gasteiger partial charge in [-0.3, -0.25) is 4.90 Å². The van der Waals surface area contributed by atoms with Gasteiger partial charge in [0.05, 0.1) is 18.7 Å². The molecule has 0 aliphatic carbocycles. The third-order valence-electron chi connectivity index (χ3n) is 2.69. The number of nitrogens with zero attached hydrogens (tertiary/aromatic N) is 1. The number of benzene rings is 1. The minimum Gasteiger partial charge on any atom is -0.379 e. The lowest BCUT2D eigenvalue weighted by molar-refractivity contribution is 0.0314. The predicted molar refractivity (Wildman–Crippen MR) is 62.2 cm³/mol. The summed E-state index contributed by atoms with van der Waals surface area (Å²) in [6.07, 6.45) is 0.905. The Kier molecular flexibility index (Phi) is 4.01. The second-order valence-electron chi connectivity index (χ2n) is 3.77. The summed E-state index contributed by atoms with van der Waals surface area (Å²) in [5.41, 5.74) is 1.39. The van der Waals surface area contributed by atoms with Crippen LogP contribution in [0.15, 0.2) is 30.3 Å². The Bertz CT molecular complexity index is 285. The number of morpholine rings is 1. The zero-order valence-corrected chi connectivity index (χ0v) is 9.49. The fraction of sp³-hybridized carbons (Fsp3) is 0.500. The molecule has 1 heterocycles. The highest BCUT2D eigenvalue weighted by atomic mass is 35.5. The van der Waals surface area contributed by atoms with Crippen LogP contribution in [0.4, 0.5) is 0 Å². The average molecular weight is 226 g/mol. The lowest BCUT2D eigenvalue weighted by Crippen LogP contribution is -2.41. The zero-order chi connectivity index (χ0) is 10.5. The van der Waals surface area contributed by atoms with E-state index < -0.39 is 0 Å². The van der Waals surface area contributed by atoms with Crippen LogP contribution in [0.2, 0.25) is 0 Å². The quantitative estimate of drug-likeness (QED) is 0.577. The zero-order valence-electron chi connectivity index (χ0n) is 8.73. The van der Waals surface area contributed by atoms with Crippen LogP contribution in [0.5, 0.6) is 0 Å². The predicted octanol–water partition coefficient (Wildman–Crippen LogP) is 2.13. The molecule has 2 nitrogen and oxygen atoms in total. The maximum absolute atomic E-state index is 6.36. The molecular formula is C12H16ClNO. The molecule has 1 unspecified atom stereocenters. The summed E-state index contributed by atoms with van der Waals surface area (Å²) in [5, 5.41) is 0. The van der Waals surface area contributed by atoms with Crippen molar-refractivity contribution < 1.29 is 4.74 Å². The molecule has 0 radical (unpaired) electrons. The molecule has 1 saturated heterocycles. The van der Waals surface area contributed by atoms with E-state index in [9.17, 15) is 0 Å². The minimum atomic E-state index is 0.0938. The largest absolute Gasteiger partial charge is 0.379 e. The van der Waals surface area contributed by atoms with Crippen molar-refractivity contribution >= 4 is 11.6 Å². The molecule has 82 valence electrons. The molecule has 1 aliphatic rings. The second kappa shape index (κ2) is 5.50. The number of ether oxygens (including phenoxy) is 1. The van der Waals surface area contributed by atoms with Gasteiger partial charge in [-0.2, -0.15) is 0 Å². The van der Waals surface area contributed by atoms with Gasteiger partial charge in [-0.05, 0) is 5.56 Å². The van der Waals surface area contributed by atoms with Crippen molar-refractivity contribution in [2.24, 2.45) is 0 Å². The number of hydrogen-bond donors (Lipinski definition) is 0. The van der Waals surface area contributed by atoms with Gasteiger partial charge in [0, 0.05) is 19.5 Å². The Morgan fingerprint density at radius 1 is 1.20 bits per heavy atom. The third-order valence-corrected chi connectivity index (χ3v) is 3.12. The fourth-order valence-electron chi connectivity index (χ4n) is 1.80. The first-order valence-electron chi connectivity index (χ1n) is 5.36. The van der Waals surface area contributed by atoms with Crippen molar-refractivity contribution in [2.45, 2.75) is 11.9 Å². The third kappa shape index (κ3) is 3.20. The number of halogens is 1. The number of hydrogen-bond acceptors (Lipinski definition) is 2. The van der Waals surface area contributed by atoms with Crippen LogP contribution >= 0.6 is 11.6 Å². The van der Waals surface area contributed by atoms with Gasteiger partial charge in [0.15, 0.2) is 0 Å². The van der Waals surface area contributed by atoms with E-state index in [4.69, 9.17) is 16.3 Å². The molecule has 15 heavy (non-hydrogen) atoms. The van der Waals surface area contributed by atoms with Crippen molar-refractivity contribution in [1.29, 1.82) is 0 Å². The van der Waals surface area contributed by atoms with Gasteiger partial charge in [0.1, 0.15) is 0 Å². The Morgan fingerprint density at radius 3 is 2.53 bits per heavy atom. The Labute approximate surface area is 95.8 Å². The van der Waals surface area contributed by atoms with E-state index in [1.807, 2.05) is 6.07 Å². The molecule has 0 saturated carbocycles. The van der Waals surface area contributed by atoms with Gasteiger partial charge in [0.25, 0.3) is 0 Å². The molecule has 0 amide bonds. The maximum Gasteiger partial charge on any atom is 0.0892 e. The highest BCUT2D eigenvalue weighted by Gasteiger charge is 2.18. The summed E-state index contributed by atoms with van der Waals surface area (Å²) in [4.78, 5) is 2.28. The van der Waals surface area contributed by atoms with Gasteiger partial charge >= 0.3 is 0 Å². The normalized spacial score (nSPS) is 20.1. The van der Waals surface area contributed by atoms with Crippen molar-refractivity contribution in [1.82, 2.24) is 4.90 Å². The van der Waals surface area contributed by atoms with E-state index >= 15 is 0 Å². The van der Waals surface area contributed by atoms with E-state index in [-0.39, 0.29) is 5.50 Å². The molecule has 3 heteroatoms. The molecule has 1 aromatic rings. The Morgan fingerprint density at radius 2 is 1.87 bits per heavy atom. The highest BCUT2D eigenvalue weighted by molar-refractivity contribution is 6.20. The number of rotatable bonds is 3. The lowest BCUT2D eigenvalue weighted by Gasteiger charge is -2.30. The van der Waals surface area contributed by atoms with Crippen LogP contribution in [-0.2, 0) is 11.2 Å². The summed E-state index contributed by atoms with van der Waals surface area (Å²) in [6.45, 7) is 3.50. The first kappa shape index (κ1) is 10.9. The van der Waals surface area contributed by atoms with Gasteiger partial charge in [-0.15, -0.1) is 11.6 Å². The van der Waals surface area contributed by atoms with E-state index in [1.54, 1.807) is 0 Å². The standard InChI is InChI=1S/C12H16ClNO/c13-12(14-6-8-15-9-7-14)10-11-4-2-1-3-5-11/h1-5,12H,6-10H2. The molecule has 0 aromatic heterocycles. The molecule has 1 aliphatic heterocycles. The van der Waals surface area contributed by atoms with Crippen molar-refractivity contribution in [2.75, 3.05) is 26.3 Å². The maximum atomic E-state index is 6.36. The van der Waals surface area contributed by atoms with E-state index in [0.717, 1.165) is 32.7 Å². The SMILES string of the molecule is ClC(Cc1ccccc1)N1CCOCC1. The van der Waals surface area contributed by atoms with Crippen LogP contribution in [0.25, 0.3) is 0 Å². The Hall–Kier alpha value is -0.570. The van der Waals surface area contributed by atoms with Gasteiger partial charge in [0.2, 0.25) is 0 Å². The molecule has 0 spiro atoms. The van der Waals surface area contributed by atoms with Crippen LogP contribution in [0, 0.1) is 0 Å². The second-order valence-corrected chi connectivity index (χ2v) is 4.28. The van der Waals surface area contributed by atoms with E-state index in [0.29, 0.717) is 0 Å². The molecule has 0 bridgehead atoms. The summed E-state index contributed by atoms with van der Waals surface area (Å²) in [7, 11) is 0. The van der Waals surface area contributed by atoms with Crippen LogP contribution in [0.3, 0.4) is 0 Å². The smallest absolute Gasteiger partial charge is 0.0892 e. The molecule has 1 fully saturated rings. The minimum absolute atomic E-state index is 0.0938. The van der Waals surface area contributed by atoms with Crippen molar-refractivity contribution in [3.63, 3.8) is 0 Å². The van der Waals surface area contributed by atoms with Gasteiger partial charge in [-0.25, -0.2) is 0 Å². The summed E-state index contributed by atoms with van der Waals surface area (Å²) in [5.74, 6) is 0. The van der Waals surface area contributed by atoms with Gasteiger partial charge < -0.3 is 4.74 Å². The fourth-order valence-corrected chi connectivity index (χ4v) is 2.17. The monoisotopic (exact) mass is 225 g/mol. The number of alkyl halides is 1. The molecule has 2 rings (SSSR count). The summed E-state index contributed by atoms with van der Waals surface area (Å²) < 4.78 is 5.30. The molecule has 1 atom stereocenters. The van der Waals surface area contributed by atoms with Crippen LogP contribution < -0.4 is 0 Å². The van der Waals surface area contributed by atoms with Gasteiger partial charge in [-0.1, -0.05) is 30.3 Å². The van der Waals surface area contributed by atoms with E-state index in [1.165, 1.54) is 5.56 Å². The van der Waals surface area contributed by atoms with Crippen LogP contribution in [0.1, 0.15) is 5.56 Å². The van der Waals surface area contributed by atoms with Crippen LogP contribution in [-0.4, -0.2) is 36.7 Å². The molecular weight excluding hydrogens is 210 g/mol. The van der Waals surface area contributed by atoms with Crippen molar-refractivity contribution in [3.8, 4) is 0 Å². The summed E-state index contributed by atoms with van der Waals surface area (Å²) >= 11 is 6.36. The lowest BCUT2D eigenvalue weighted by atomic mass is 10.1. The van der Waals surface area contributed by atoms with Crippen molar-refractivity contribution in [3.05, 3.63) is 35.9 Å². The Balaban J connectivity index is 1.88. The van der Waals surface area contributed by atoms with E-state index in [2.05, 4.69) is 29.2 Å². The topological polar surface area (TPSA) is 12.5 Å².